The minimum atomic E-state index is -0.929. The van der Waals surface area contributed by atoms with Gasteiger partial charge in [0.15, 0.2) is 6.10 Å². The molecule has 3 heterocycles. The molecule has 8 heteroatoms. The fraction of sp³-hybridized carbons (Fsp3) is 0.429. The number of hydrogen-bond acceptors (Lipinski definition) is 7. The molecule has 2 unspecified atom stereocenters. The molecule has 5 rings (SSSR count). The monoisotopic (exact) mass is 679 g/mol. The van der Waals surface area contributed by atoms with Crippen molar-refractivity contribution >= 4 is 17.4 Å². The molecule has 0 N–H and O–H groups in total. The lowest BCUT2D eigenvalue weighted by Gasteiger charge is -2.41. The Morgan fingerprint density at radius 2 is 1.76 bits per heavy atom. The number of methoxy groups -OCH3 is 1. The highest BCUT2D eigenvalue weighted by Gasteiger charge is 2.37. The molecule has 1 aliphatic heterocycles. The van der Waals surface area contributed by atoms with Crippen molar-refractivity contribution in [2.45, 2.75) is 91.1 Å². The highest BCUT2D eigenvalue weighted by molar-refractivity contribution is 5.82. The van der Waals surface area contributed by atoms with Gasteiger partial charge in [0.1, 0.15) is 17.2 Å². The van der Waals surface area contributed by atoms with Gasteiger partial charge in [-0.25, -0.2) is 9.78 Å². The molecule has 2 aromatic carbocycles. The molecular formula is C42H53N3O5. The standard InChI is InChI=1S/C42H53N3O5/c1-11-14-30(5)49-35-18-17-28(3)24-33(35)31-15-13-16-32(26-31)34-27-45-36(43-34)25-29(4)37(38(40(46)47-10)50-41(6,7)8)39(45)44-21-19-42(9,20-22-44)48-23-12-2/h11-13,15-18,24-27,30,38H,1-2,14,19-23H2,3-10H3. The van der Waals surface area contributed by atoms with Gasteiger partial charge in [0.05, 0.1) is 36.7 Å². The Bertz CT molecular complexity index is 1840. The van der Waals surface area contributed by atoms with Crippen molar-refractivity contribution in [2.75, 3.05) is 31.7 Å². The molecule has 2 aromatic heterocycles. The summed E-state index contributed by atoms with van der Waals surface area (Å²) in [5, 5.41) is 0. The van der Waals surface area contributed by atoms with Gasteiger partial charge < -0.3 is 23.8 Å². The van der Waals surface area contributed by atoms with Gasteiger partial charge in [0.2, 0.25) is 0 Å². The van der Waals surface area contributed by atoms with Crippen LogP contribution >= 0.6 is 0 Å². The number of fused-ring (bicyclic) bond motifs is 1. The lowest BCUT2D eigenvalue weighted by atomic mass is 9.92. The summed E-state index contributed by atoms with van der Waals surface area (Å²) in [7, 11) is 1.41. The summed E-state index contributed by atoms with van der Waals surface area (Å²) in [6.07, 6.45) is 7.21. The number of hydrogen-bond donors (Lipinski definition) is 0. The van der Waals surface area contributed by atoms with Gasteiger partial charge in [-0.2, -0.15) is 0 Å². The molecule has 1 saturated heterocycles. The van der Waals surface area contributed by atoms with E-state index in [1.807, 2.05) is 45.9 Å². The molecule has 0 aliphatic carbocycles. The highest BCUT2D eigenvalue weighted by Crippen LogP contribution is 2.40. The fourth-order valence-electron chi connectivity index (χ4n) is 6.63. The number of pyridine rings is 1. The van der Waals surface area contributed by atoms with Gasteiger partial charge in [0, 0.05) is 42.4 Å². The summed E-state index contributed by atoms with van der Waals surface area (Å²) in [6.45, 7) is 23.8. The number of imidazole rings is 1. The third-order valence-electron chi connectivity index (χ3n) is 9.22. The Morgan fingerprint density at radius 1 is 1.04 bits per heavy atom. The van der Waals surface area contributed by atoms with E-state index < -0.39 is 17.7 Å². The number of rotatable bonds is 13. The molecule has 4 aromatic rings. The second-order valence-electron chi connectivity index (χ2n) is 14.6. The predicted octanol–water partition coefficient (Wildman–Crippen LogP) is 9.22. The van der Waals surface area contributed by atoms with E-state index in [1.54, 1.807) is 6.08 Å². The van der Waals surface area contributed by atoms with Crippen molar-refractivity contribution in [2.24, 2.45) is 0 Å². The largest absolute Gasteiger partial charge is 0.490 e. The minimum absolute atomic E-state index is 0.00344. The molecule has 1 fully saturated rings. The van der Waals surface area contributed by atoms with Crippen LogP contribution in [-0.2, 0) is 19.0 Å². The first kappa shape index (κ1) is 36.9. The zero-order valence-corrected chi connectivity index (χ0v) is 31.0. The summed E-state index contributed by atoms with van der Waals surface area (Å²) in [6, 6.07) is 16.7. The number of benzene rings is 2. The van der Waals surface area contributed by atoms with Crippen LogP contribution in [0.15, 0.2) is 80.0 Å². The molecule has 1 aliphatic rings. The maximum Gasteiger partial charge on any atom is 0.339 e. The number of piperidine rings is 1. The normalized spacial score (nSPS) is 15.8. The van der Waals surface area contributed by atoms with Crippen LogP contribution < -0.4 is 9.64 Å². The summed E-state index contributed by atoms with van der Waals surface area (Å²) in [5.41, 5.74) is 6.63. The third kappa shape index (κ3) is 8.31. The Kier molecular flexibility index (Phi) is 11.2. The van der Waals surface area contributed by atoms with Gasteiger partial charge in [0.25, 0.3) is 0 Å². The van der Waals surface area contributed by atoms with E-state index >= 15 is 0 Å². The van der Waals surface area contributed by atoms with Crippen LogP contribution in [0.2, 0.25) is 0 Å². The van der Waals surface area contributed by atoms with E-state index in [0.29, 0.717) is 6.61 Å². The van der Waals surface area contributed by atoms with E-state index in [0.717, 1.165) is 88.6 Å². The predicted molar refractivity (Wildman–Crippen MR) is 202 cm³/mol. The van der Waals surface area contributed by atoms with E-state index in [-0.39, 0.29) is 11.7 Å². The van der Waals surface area contributed by atoms with Crippen molar-refractivity contribution in [3.05, 3.63) is 96.7 Å². The highest BCUT2D eigenvalue weighted by atomic mass is 16.6. The molecule has 0 radical (unpaired) electrons. The smallest absolute Gasteiger partial charge is 0.339 e. The summed E-state index contributed by atoms with van der Waals surface area (Å²) in [5.74, 6) is 1.28. The second kappa shape index (κ2) is 15.2. The van der Waals surface area contributed by atoms with E-state index in [1.165, 1.54) is 7.11 Å². The zero-order chi connectivity index (χ0) is 36.2. The van der Waals surface area contributed by atoms with Gasteiger partial charge in [-0.1, -0.05) is 42.0 Å². The average Bonchev–Trinajstić information content (AvgIpc) is 3.50. The molecule has 2 atom stereocenters. The van der Waals surface area contributed by atoms with Crippen LogP contribution in [0.3, 0.4) is 0 Å². The van der Waals surface area contributed by atoms with Crippen molar-refractivity contribution in [3.63, 3.8) is 0 Å². The number of ether oxygens (including phenoxy) is 4. The fourth-order valence-corrected chi connectivity index (χ4v) is 6.63. The molecule has 8 nitrogen and oxygen atoms in total. The first-order chi connectivity index (χ1) is 23.8. The van der Waals surface area contributed by atoms with Crippen LogP contribution in [0.4, 0.5) is 5.82 Å². The number of esters is 1. The van der Waals surface area contributed by atoms with Gasteiger partial charge in [-0.3, -0.25) is 4.40 Å². The molecule has 0 saturated carbocycles. The Balaban J connectivity index is 1.64. The van der Waals surface area contributed by atoms with Gasteiger partial charge >= 0.3 is 5.97 Å². The molecule has 50 heavy (non-hydrogen) atoms. The Labute approximate surface area is 297 Å². The van der Waals surface area contributed by atoms with Crippen LogP contribution in [0, 0.1) is 13.8 Å². The number of carbonyl (C=O) groups excluding carboxylic acids is 1. The maximum atomic E-state index is 13.5. The number of carbonyl (C=O) groups is 1. The molecule has 266 valence electrons. The van der Waals surface area contributed by atoms with Crippen molar-refractivity contribution in [3.8, 4) is 28.1 Å². The van der Waals surface area contributed by atoms with Crippen LogP contribution in [0.5, 0.6) is 5.75 Å². The van der Waals surface area contributed by atoms with Crippen LogP contribution in [-0.4, -0.2) is 59.5 Å². The second-order valence-corrected chi connectivity index (χ2v) is 14.6. The van der Waals surface area contributed by atoms with Crippen molar-refractivity contribution < 1.29 is 23.7 Å². The first-order valence-electron chi connectivity index (χ1n) is 17.5. The lowest BCUT2D eigenvalue weighted by Crippen LogP contribution is -2.45. The molecule has 0 bridgehead atoms. The van der Waals surface area contributed by atoms with Crippen LogP contribution in [0.1, 0.15) is 76.7 Å². The van der Waals surface area contributed by atoms with E-state index in [4.69, 9.17) is 23.9 Å². The van der Waals surface area contributed by atoms with Crippen LogP contribution in [0.25, 0.3) is 28.0 Å². The lowest BCUT2D eigenvalue weighted by molar-refractivity contribution is -0.164. The summed E-state index contributed by atoms with van der Waals surface area (Å²) >= 11 is 0. The quantitative estimate of drug-likeness (QED) is 0.103. The average molecular weight is 680 g/mol. The third-order valence-corrected chi connectivity index (χ3v) is 9.22. The molecule has 0 amide bonds. The SMILES string of the molecule is C=CCOC1(C)CCN(c2c(C(OC(C)(C)C)C(=O)OC)c(C)cc3nc(-c4cccc(-c5cc(C)ccc5OC(C)CC=C)c4)cn23)CC1. The number of aromatic nitrogens is 2. The Hall–Kier alpha value is -4.40. The zero-order valence-electron chi connectivity index (χ0n) is 31.0. The first-order valence-corrected chi connectivity index (χ1v) is 17.5. The summed E-state index contributed by atoms with van der Waals surface area (Å²) in [4.78, 5) is 20.9. The minimum Gasteiger partial charge on any atom is -0.490 e. The summed E-state index contributed by atoms with van der Waals surface area (Å²) < 4.78 is 26.5. The Morgan fingerprint density at radius 3 is 2.42 bits per heavy atom. The maximum absolute atomic E-state index is 13.5. The topological polar surface area (TPSA) is 74.5 Å². The van der Waals surface area contributed by atoms with E-state index in [9.17, 15) is 4.79 Å². The number of nitrogens with zero attached hydrogens (tertiary/aromatic N) is 3. The van der Waals surface area contributed by atoms with Gasteiger partial charge in [-0.15, -0.1) is 13.2 Å². The van der Waals surface area contributed by atoms with Gasteiger partial charge in [-0.05, 0) is 96.7 Å². The number of anilines is 1. The molecular weight excluding hydrogens is 626 g/mol. The van der Waals surface area contributed by atoms with Crippen molar-refractivity contribution in [1.82, 2.24) is 9.38 Å². The van der Waals surface area contributed by atoms with E-state index in [2.05, 4.69) is 85.8 Å². The number of aryl methyl sites for hydroxylation is 2. The molecule has 0 spiro atoms. The van der Waals surface area contributed by atoms with Crippen molar-refractivity contribution in [1.29, 1.82) is 0 Å².